The second-order valence-electron chi connectivity index (χ2n) is 10.3. The Kier molecular flexibility index (Phi) is 5.72. The van der Waals surface area contributed by atoms with Gasteiger partial charge in [-0.3, -0.25) is 0 Å². The molecular formula is C24H30Cl2N2O4. The van der Waals surface area contributed by atoms with E-state index in [1.165, 1.54) is 0 Å². The third-order valence-electron chi connectivity index (χ3n) is 8.90. The monoisotopic (exact) mass is 480 g/mol. The minimum absolute atomic E-state index is 0.0966. The molecule has 0 aromatic heterocycles. The number of carbonyl (C=O) groups is 2. The van der Waals surface area contributed by atoms with Crippen molar-refractivity contribution in [2.45, 2.75) is 87.4 Å². The molecule has 4 saturated heterocycles. The van der Waals surface area contributed by atoms with Crippen molar-refractivity contribution in [2.24, 2.45) is 0 Å². The third-order valence-corrected chi connectivity index (χ3v) is 9.78. The predicted octanol–water partition coefficient (Wildman–Crippen LogP) is 5.07. The molecule has 4 unspecified atom stereocenters. The van der Waals surface area contributed by atoms with Crippen LogP contribution in [0.2, 0.25) is 10.0 Å². The van der Waals surface area contributed by atoms with E-state index >= 15 is 0 Å². The summed E-state index contributed by atoms with van der Waals surface area (Å²) in [6.45, 7) is 0. The maximum absolute atomic E-state index is 12.5. The molecular weight excluding hydrogens is 451 g/mol. The van der Waals surface area contributed by atoms with Crippen LogP contribution < -0.4 is 0 Å². The van der Waals surface area contributed by atoms with Crippen molar-refractivity contribution in [3.05, 3.63) is 32.3 Å². The van der Waals surface area contributed by atoms with Crippen molar-refractivity contribution in [3.8, 4) is 0 Å². The second kappa shape index (κ2) is 8.15. The Bertz CT molecular complexity index is 878. The van der Waals surface area contributed by atoms with Gasteiger partial charge in [0.2, 0.25) is 0 Å². The van der Waals surface area contributed by atoms with Gasteiger partial charge in [0, 0.05) is 24.2 Å². The molecule has 8 heteroatoms. The predicted molar refractivity (Wildman–Crippen MR) is 123 cm³/mol. The quantitative estimate of drug-likeness (QED) is 0.625. The van der Waals surface area contributed by atoms with Gasteiger partial charge >= 0.3 is 11.9 Å². The number of fused-ring (bicyclic) bond motifs is 4. The highest BCUT2D eigenvalue weighted by Gasteiger charge is 2.45. The van der Waals surface area contributed by atoms with Crippen LogP contribution in [0.5, 0.6) is 0 Å². The fourth-order valence-corrected chi connectivity index (χ4v) is 7.93. The van der Waals surface area contributed by atoms with Crippen LogP contribution in [-0.4, -0.2) is 70.2 Å². The van der Waals surface area contributed by atoms with Gasteiger partial charge in [-0.25, -0.2) is 9.59 Å². The van der Waals surface area contributed by atoms with Gasteiger partial charge in [0.25, 0.3) is 0 Å². The zero-order valence-electron chi connectivity index (χ0n) is 18.5. The van der Waals surface area contributed by atoms with E-state index in [0.29, 0.717) is 35.3 Å². The van der Waals surface area contributed by atoms with Crippen LogP contribution in [-0.2, 0) is 0 Å². The van der Waals surface area contributed by atoms with Crippen LogP contribution in [0.3, 0.4) is 0 Å². The van der Waals surface area contributed by atoms with E-state index < -0.39 is 11.9 Å². The van der Waals surface area contributed by atoms with Crippen LogP contribution in [0, 0.1) is 0 Å². The van der Waals surface area contributed by atoms with Gasteiger partial charge in [0.15, 0.2) is 0 Å². The van der Waals surface area contributed by atoms with Crippen molar-refractivity contribution in [3.63, 3.8) is 0 Å². The summed E-state index contributed by atoms with van der Waals surface area (Å²) in [6, 6.07) is 1.47. The van der Waals surface area contributed by atoms with Crippen molar-refractivity contribution in [1.82, 2.24) is 9.80 Å². The average Bonchev–Trinajstić information content (AvgIpc) is 3.08. The number of hydrogen-bond donors (Lipinski definition) is 2. The number of rotatable bonds is 4. The largest absolute Gasteiger partial charge is 0.478 e. The van der Waals surface area contributed by atoms with E-state index in [-0.39, 0.29) is 33.0 Å². The summed E-state index contributed by atoms with van der Waals surface area (Å²) in [4.78, 5) is 29.8. The number of carboxylic acid groups (broad SMARTS) is 2. The average molecular weight is 481 g/mol. The number of nitrogens with zero attached hydrogens (tertiary/aromatic N) is 2. The Morgan fingerprint density at radius 2 is 0.969 bits per heavy atom. The molecule has 4 fully saturated rings. The van der Waals surface area contributed by atoms with Gasteiger partial charge in [0.1, 0.15) is 0 Å². The van der Waals surface area contributed by atoms with Gasteiger partial charge in [-0.15, -0.1) is 0 Å². The first-order valence-electron chi connectivity index (χ1n) is 11.6. The van der Waals surface area contributed by atoms with E-state index in [9.17, 15) is 19.8 Å². The first kappa shape index (κ1) is 22.5. The Morgan fingerprint density at radius 3 is 1.22 bits per heavy atom. The minimum atomic E-state index is -1.22. The molecule has 174 valence electrons. The van der Waals surface area contributed by atoms with Crippen molar-refractivity contribution in [1.29, 1.82) is 0 Å². The molecule has 1 aromatic carbocycles. The molecule has 0 radical (unpaired) electrons. The van der Waals surface area contributed by atoms with E-state index in [1.807, 2.05) is 0 Å². The fraction of sp³-hybridized carbons (Fsp3) is 0.667. The Labute approximate surface area is 198 Å². The molecule has 0 spiro atoms. The highest BCUT2D eigenvalue weighted by Crippen LogP contribution is 2.52. The molecule has 4 atom stereocenters. The van der Waals surface area contributed by atoms with Gasteiger partial charge in [-0.1, -0.05) is 23.2 Å². The van der Waals surface area contributed by atoms with Gasteiger partial charge in [-0.05, 0) is 88.4 Å². The molecule has 0 aliphatic carbocycles. The highest BCUT2D eigenvalue weighted by atomic mass is 35.5. The minimum Gasteiger partial charge on any atom is -0.478 e. The molecule has 4 heterocycles. The number of piperidine rings is 2. The molecule has 1 aromatic rings. The lowest BCUT2D eigenvalue weighted by molar-refractivity contribution is 0.0646. The van der Waals surface area contributed by atoms with E-state index in [2.05, 4.69) is 23.9 Å². The summed E-state index contributed by atoms with van der Waals surface area (Å²) in [6.07, 6.45) is 7.42. The first-order chi connectivity index (χ1) is 15.2. The summed E-state index contributed by atoms with van der Waals surface area (Å²) >= 11 is 13.7. The van der Waals surface area contributed by atoms with Crippen molar-refractivity contribution >= 4 is 35.1 Å². The van der Waals surface area contributed by atoms with Crippen molar-refractivity contribution < 1.29 is 19.8 Å². The van der Waals surface area contributed by atoms with E-state index in [0.717, 1.165) is 51.4 Å². The Morgan fingerprint density at radius 1 is 0.688 bits per heavy atom. The van der Waals surface area contributed by atoms with E-state index in [1.54, 1.807) is 0 Å². The molecule has 4 bridgehead atoms. The molecule has 4 aliphatic heterocycles. The molecule has 5 rings (SSSR count). The van der Waals surface area contributed by atoms with Gasteiger partial charge in [0.05, 0.1) is 21.2 Å². The maximum atomic E-state index is 12.5. The van der Waals surface area contributed by atoms with Crippen LogP contribution in [0.15, 0.2) is 0 Å². The zero-order chi connectivity index (χ0) is 22.9. The molecule has 6 nitrogen and oxygen atoms in total. The van der Waals surface area contributed by atoms with Gasteiger partial charge in [-0.2, -0.15) is 0 Å². The SMILES string of the molecule is CN1C2CCC1CC(c1c(Cl)c(Cl)c(C3CC4CCC(C3)N4C)c(C(=O)O)c1C(=O)O)C2. The smallest absolute Gasteiger partial charge is 0.336 e. The molecule has 32 heavy (non-hydrogen) atoms. The lowest BCUT2D eigenvalue weighted by Gasteiger charge is -2.39. The third kappa shape index (κ3) is 3.37. The first-order valence-corrected chi connectivity index (χ1v) is 12.4. The number of carboxylic acids is 2. The van der Waals surface area contributed by atoms with E-state index in [4.69, 9.17) is 23.2 Å². The fourth-order valence-electron chi connectivity index (χ4n) is 7.23. The van der Waals surface area contributed by atoms with Crippen LogP contribution in [0.4, 0.5) is 0 Å². The number of aromatic carboxylic acids is 2. The number of hydrogen-bond acceptors (Lipinski definition) is 4. The Balaban J connectivity index is 1.65. The van der Waals surface area contributed by atoms with Crippen LogP contribution in [0.1, 0.15) is 95.0 Å². The number of benzene rings is 1. The number of halogens is 2. The topological polar surface area (TPSA) is 81.1 Å². The molecule has 0 amide bonds. The lowest BCUT2D eigenvalue weighted by atomic mass is 9.76. The van der Waals surface area contributed by atoms with Gasteiger partial charge < -0.3 is 20.0 Å². The summed E-state index contributed by atoms with van der Waals surface area (Å²) in [5.74, 6) is -2.64. The van der Waals surface area contributed by atoms with Crippen molar-refractivity contribution in [2.75, 3.05) is 14.1 Å². The summed E-state index contributed by atoms with van der Waals surface area (Å²) in [5, 5.41) is 21.0. The highest BCUT2D eigenvalue weighted by molar-refractivity contribution is 6.44. The lowest BCUT2D eigenvalue weighted by Crippen LogP contribution is -2.40. The Hall–Kier alpha value is -1.34. The molecule has 4 aliphatic rings. The normalized spacial score (nSPS) is 34.8. The summed E-state index contributed by atoms with van der Waals surface area (Å²) in [5.41, 5.74) is 0.599. The maximum Gasteiger partial charge on any atom is 0.336 e. The van der Waals surface area contributed by atoms with Crippen LogP contribution >= 0.6 is 23.2 Å². The van der Waals surface area contributed by atoms with Crippen LogP contribution in [0.25, 0.3) is 0 Å². The summed E-state index contributed by atoms with van der Waals surface area (Å²) < 4.78 is 0. The summed E-state index contributed by atoms with van der Waals surface area (Å²) in [7, 11) is 4.23. The standard InChI is InChI=1S/C24H30Cl2N2O4/c1-27-13-3-4-14(27)8-11(7-13)17-19(23(29)30)20(24(31)32)18(22(26)21(17)25)12-9-15-5-6-16(10-12)28(15)2/h11-16H,3-10H2,1-2H3,(H,29,30)(H,31,32). The zero-order valence-corrected chi connectivity index (χ0v) is 20.0. The molecule has 2 N–H and O–H groups in total. The molecule has 0 saturated carbocycles. The second-order valence-corrected chi connectivity index (χ2v) is 11.0.